The molecule has 1 atom stereocenters. The zero-order valence-electron chi connectivity index (χ0n) is 11.6. The molecule has 1 fully saturated rings. The van der Waals surface area contributed by atoms with E-state index in [1.165, 1.54) is 0 Å². The second-order valence-electron chi connectivity index (χ2n) is 4.93. The number of nitrogens with zero attached hydrogens (tertiary/aromatic N) is 2. The minimum absolute atomic E-state index is 0.00588. The fourth-order valence-electron chi connectivity index (χ4n) is 1.89. The Morgan fingerprint density at radius 1 is 1.50 bits per heavy atom. The van der Waals surface area contributed by atoms with E-state index in [0.29, 0.717) is 5.89 Å². The molecule has 1 saturated heterocycles. The van der Waals surface area contributed by atoms with Gasteiger partial charge in [-0.3, -0.25) is 0 Å². The molecule has 8 nitrogen and oxygen atoms in total. The van der Waals surface area contributed by atoms with Crippen LogP contribution in [0, 0.1) is 0 Å². The summed E-state index contributed by atoms with van der Waals surface area (Å²) in [6, 6.07) is -0.0803. The Hall–Kier alpha value is -1.19. The maximum absolute atomic E-state index is 11.8. The van der Waals surface area contributed by atoms with E-state index < -0.39 is 10.0 Å². The Bertz CT molecular complexity index is 522. The van der Waals surface area contributed by atoms with Crippen LogP contribution in [0.15, 0.2) is 4.42 Å². The number of anilines is 1. The largest absolute Gasteiger partial charge is 0.406 e. The van der Waals surface area contributed by atoms with Crippen LogP contribution in [0.4, 0.5) is 6.01 Å². The number of rotatable bonds is 7. The van der Waals surface area contributed by atoms with Gasteiger partial charge in [-0.1, -0.05) is 5.10 Å². The number of ether oxygens (including phenoxy) is 1. The minimum Gasteiger partial charge on any atom is -0.406 e. The maximum Gasteiger partial charge on any atom is 0.329 e. The number of sulfonamides is 1. The molecule has 0 aromatic carbocycles. The van der Waals surface area contributed by atoms with Crippen molar-refractivity contribution in [1.29, 1.82) is 0 Å². The molecule has 2 rings (SSSR count). The Labute approximate surface area is 118 Å². The average Bonchev–Trinajstić information content (AvgIpc) is 2.96. The van der Waals surface area contributed by atoms with Crippen molar-refractivity contribution in [2.75, 3.05) is 23.6 Å². The van der Waals surface area contributed by atoms with Crippen LogP contribution < -0.4 is 10.0 Å². The first kappa shape index (κ1) is 15.2. The highest BCUT2D eigenvalue weighted by Gasteiger charge is 2.23. The van der Waals surface area contributed by atoms with Crippen LogP contribution in [0.25, 0.3) is 0 Å². The van der Waals surface area contributed by atoms with Crippen LogP contribution in [-0.2, 0) is 14.8 Å². The monoisotopic (exact) mass is 304 g/mol. The highest BCUT2D eigenvalue weighted by molar-refractivity contribution is 7.92. The molecule has 0 aliphatic carbocycles. The van der Waals surface area contributed by atoms with Crippen molar-refractivity contribution in [2.45, 2.75) is 38.8 Å². The predicted molar refractivity (Wildman–Crippen MR) is 72.8 cm³/mol. The number of aromatic nitrogens is 2. The minimum atomic E-state index is -3.53. The molecule has 20 heavy (non-hydrogen) atoms. The normalized spacial score (nSPS) is 19.6. The van der Waals surface area contributed by atoms with Crippen LogP contribution in [-0.4, -0.2) is 43.6 Å². The standard InChI is InChI=1S/C11H20N4O4S/c1-8(2)18-6-7-20(16,17)15-11-14-13-10(19-11)9-4-3-5-12-9/h8-9,12H,3-7H2,1-2H3,(H,14,15). The van der Waals surface area contributed by atoms with Gasteiger partial charge in [0.15, 0.2) is 0 Å². The lowest BCUT2D eigenvalue weighted by Gasteiger charge is -2.07. The third-order valence-corrected chi connectivity index (χ3v) is 4.03. The van der Waals surface area contributed by atoms with Crippen LogP contribution in [0.1, 0.15) is 38.6 Å². The molecule has 9 heteroatoms. The molecule has 1 aliphatic rings. The van der Waals surface area contributed by atoms with E-state index in [0.717, 1.165) is 19.4 Å². The van der Waals surface area contributed by atoms with E-state index in [9.17, 15) is 8.42 Å². The Morgan fingerprint density at radius 3 is 2.95 bits per heavy atom. The molecule has 0 radical (unpaired) electrons. The molecule has 0 amide bonds. The van der Waals surface area contributed by atoms with Gasteiger partial charge in [0, 0.05) is 0 Å². The average molecular weight is 304 g/mol. The third-order valence-electron chi connectivity index (χ3n) is 2.85. The summed E-state index contributed by atoms with van der Waals surface area (Å²) in [7, 11) is -3.53. The van der Waals surface area contributed by atoms with Gasteiger partial charge in [-0.15, -0.1) is 5.10 Å². The van der Waals surface area contributed by atoms with Gasteiger partial charge in [0.2, 0.25) is 15.9 Å². The summed E-state index contributed by atoms with van der Waals surface area (Å²) < 4.78 is 36.3. The lowest BCUT2D eigenvalue weighted by atomic mass is 10.2. The van der Waals surface area contributed by atoms with Crippen molar-refractivity contribution in [1.82, 2.24) is 15.5 Å². The van der Waals surface area contributed by atoms with Gasteiger partial charge in [-0.2, -0.15) is 0 Å². The quantitative estimate of drug-likeness (QED) is 0.762. The molecule has 0 bridgehead atoms. The van der Waals surface area contributed by atoms with Crippen LogP contribution >= 0.6 is 0 Å². The molecule has 2 heterocycles. The van der Waals surface area contributed by atoms with E-state index in [-0.39, 0.29) is 30.5 Å². The van der Waals surface area contributed by atoms with E-state index in [1.807, 2.05) is 13.8 Å². The van der Waals surface area contributed by atoms with Crippen LogP contribution in [0.2, 0.25) is 0 Å². The Morgan fingerprint density at radius 2 is 2.30 bits per heavy atom. The fraction of sp³-hybridized carbons (Fsp3) is 0.818. The summed E-state index contributed by atoms with van der Waals surface area (Å²) in [6.45, 7) is 4.72. The Kier molecular flexibility index (Phi) is 4.95. The van der Waals surface area contributed by atoms with Gasteiger partial charge < -0.3 is 14.5 Å². The van der Waals surface area contributed by atoms with E-state index in [2.05, 4.69) is 20.2 Å². The highest BCUT2D eigenvalue weighted by atomic mass is 32.2. The molecule has 1 unspecified atom stereocenters. The van der Waals surface area contributed by atoms with Gasteiger partial charge in [0.05, 0.1) is 24.5 Å². The van der Waals surface area contributed by atoms with Gasteiger partial charge in [-0.05, 0) is 33.2 Å². The predicted octanol–water partition coefficient (Wildman–Crippen LogP) is 0.661. The van der Waals surface area contributed by atoms with Crippen molar-refractivity contribution in [3.63, 3.8) is 0 Å². The lowest BCUT2D eigenvalue weighted by molar-refractivity contribution is 0.0913. The fourth-order valence-corrected chi connectivity index (χ4v) is 2.66. The summed E-state index contributed by atoms with van der Waals surface area (Å²) in [5.41, 5.74) is 0. The second kappa shape index (κ2) is 6.51. The van der Waals surface area contributed by atoms with Crippen LogP contribution in [0.3, 0.4) is 0 Å². The van der Waals surface area contributed by atoms with E-state index >= 15 is 0 Å². The first-order valence-corrected chi connectivity index (χ1v) is 8.30. The number of nitrogens with one attached hydrogen (secondary N) is 2. The molecule has 1 aliphatic heterocycles. The summed E-state index contributed by atoms with van der Waals surface area (Å²) in [6.07, 6.45) is 1.95. The van der Waals surface area contributed by atoms with Crippen LogP contribution in [0.5, 0.6) is 0 Å². The van der Waals surface area contributed by atoms with Gasteiger partial charge in [0.25, 0.3) is 0 Å². The van der Waals surface area contributed by atoms with Crippen molar-refractivity contribution >= 4 is 16.0 Å². The van der Waals surface area contributed by atoms with E-state index in [4.69, 9.17) is 9.15 Å². The molecule has 1 aromatic rings. The molecular weight excluding hydrogens is 284 g/mol. The van der Waals surface area contributed by atoms with Crippen molar-refractivity contribution in [2.24, 2.45) is 0 Å². The molecule has 114 valence electrons. The topological polar surface area (TPSA) is 106 Å². The molecule has 0 saturated carbocycles. The van der Waals surface area contributed by atoms with Gasteiger partial charge in [-0.25, -0.2) is 13.1 Å². The maximum atomic E-state index is 11.8. The summed E-state index contributed by atoms with van der Waals surface area (Å²) in [4.78, 5) is 0. The summed E-state index contributed by atoms with van der Waals surface area (Å²) >= 11 is 0. The summed E-state index contributed by atoms with van der Waals surface area (Å²) in [5.74, 6) is 0.267. The van der Waals surface area contributed by atoms with Crippen molar-refractivity contribution < 1.29 is 17.6 Å². The smallest absolute Gasteiger partial charge is 0.329 e. The molecule has 0 spiro atoms. The van der Waals surface area contributed by atoms with Gasteiger partial charge >= 0.3 is 6.01 Å². The first-order valence-electron chi connectivity index (χ1n) is 6.65. The Balaban J connectivity index is 1.88. The SMILES string of the molecule is CC(C)OCCS(=O)(=O)Nc1nnc(C2CCCN2)o1. The van der Waals surface area contributed by atoms with Crippen molar-refractivity contribution in [3.05, 3.63) is 5.89 Å². The summed E-state index contributed by atoms with van der Waals surface area (Å²) in [5, 5.41) is 10.8. The zero-order valence-corrected chi connectivity index (χ0v) is 12.4. The number of hydrogen-bond acceptors (Lipinski definition) is 7. The van der Waals surface area contributed by atoms with Gasteiger partial charge in [0.1, 0.15) is 0 Å². The molecular formula is C11H20N4O4S. The van der Waals surface area contributed by atoms with Crippen molar-refractivity contribution in [3.8, 4) is 0 Å². The third kappa shape index (κ3) is 4.43. The molecule has 2 N–H and O–H groups in total. The van der Waals surface area contributed by atoms with E-state index in [1.54, 1.807) is 0 Å². The lowest BCUT2D eigenvalue weighted by Crippen LogP contribution is -2.21. The highest BCUT2D eigenvalue weighted by Crippen LogP contribution is 2.23. The first-order chi connectivity index (χ1) is 9.46. The zero-order chi connectivity index (χ0) is 14.6. The number of hydrogen-bond donors (Lipinski definition) is 2. The molecule has 1 aromatic heterocycles. The second-order valence-corrected chi connectivity index (χ2v) is 6.78.